The van der Waals surface area contributed by atoms with Gasteiger partial charge in [-0.1, -0.05) is 42.5 Å². The number of amides is 1. The number of rotatable bonds is 6. The van der Waals surface area contributed by atoms with Crippen LogP contribution in [0, 0.1) is 0 Å². The zero-order chi connectivity index (χ0) is 17.6. The van der Waals surface area contributed by atoms with Crippen LogP contribution in [0.15, 0.2) is 54.6 Å². The van der Waals surface area contributed by atoms with Gasteiger partial charge in [0.1, 0.15) is 0 Å². The van der Waals surface area contributed by atoms with Crippen LogP contribution in [0.2, 0.25) is 0 Å². The van der Waals surface area contributed by atoms with Crippen molar-refractivity contribution in [3.63, 3.8) is 0 Å². The van der Waals surface area contributed by atoms with Crippen LogP contribution in [0.5, 0.6) is 0 Å². The maximum absolute atomic E-state index is 12.5. The summed E-state index contributed by atoms with van der Waals surface area (Å²) in [6.07, 6.45) is 2.12. The molecule has 1 saturated heterocycles. The lowest BCUT2D eigenvalue weighted by atomic mass is 9.98. The third kappa shape index (κ3) is 4.45. The quantitative estimate of drug-likeness (QED) is 0.848. The fourth-order valence-electron chi connectivity index (χ4n) is 3.09. The van der Waals surface area contributed by atoms with Gasteiger partial charge in [0.05, 0.1) is 24.1 Å². The predicted octanol–water partition coefficient (Wildman–Crippen LogP) is 2.96. The number of hydrogen-bond acceptors (Lipinski definition) is 3. The predicted molar refractivity (Wildman–Crippen MR) is 93.4 cm³/mol. The molecular formula is C20H21NO4. The molecule has 130 valence electrons. The molecule has 2 unspecified atom stereocenters. The zero-order valence-electron chi connectivity index (χ0n) is 13.9. The van der Waals surface area contributed by atoms with Crippen molar-refractivity contribution in [2.45, 2.75) is 31.4 Å². The van der Waals surface area contributed by atoms with E-state index in [1.165, 1.54) is 12.1 Å². The Morgan fingerprint density at radius 3 is 2.44 bits per heavy atom. The van der Waals surface area contributed by atoms with Crippen molar-refractivity contribution in [3.8, 4) is 0 Å². The molecule has 0 bridgehead atoms. The summed E-state index contributed by atoms with van der Waals surface area (Å²) in [6, 6.07) is 16.0. The highest BCUT2D eigenvalue weighted by molar-refractivity contribution is 5.87. The molecule has 2 aromatic carbocycles. The molecule has 2 atom stereocenters. The molecule has 0 spiro atoms. The lowest BCUT2D eigenvalue weighted by molar-refractivity contribution is -0.122. The highest BCUT2D eigenvalue weighted by atomic mass is 16.5. The van der Waals surface area contributed by atoms with Gasteiger partial charge >= 0.3 is 5.97 Å². The molecule has 1 aliphatic heterocycles. The van der Waals surface area contributed by atoms with E-state index >= 15 is 0 Å². The summed E-state index contributed by atoms with van der Waals surface area (Å²) in [6.45, 7) is 0.723. The Hall–Kier alpha value is -2.66. The lowest BCUT2D eigenvalue weighted by Crippen LogP contribution is -2.36. The first kappa shape index (κ1) is 17.2. The van der Waals surface area contributed by atoms with Crippen molar-refractivity contribution in [2.24, 2.45) is 0 Å². The molecule has 0 aromatic heterocycles. The summed E-state index contributed by atoms with van der Waals surface area (Å²) in [4.78, 5) is 23.4. The number of carboxylic acid groups (broad SMARTS) is 1. The van der Waals surface area contributed by atoms with Crippen LogP contribution in [0.1, 0.15) is 40.4 Å². The fourth-order valence-corrected chi connectivity index (χ4v) is 3.09. The van der Waals surface area contributed by atoms with Gasteiger partial charge in [0.15, 0.2) is 0 Å². The van der Waals surface area contributed by atoms with E-state index in [9.17, 15) is 9.59 Å². The molecule has 25 heavy (non-hydrogen) atoms. The third-order valence-corrected chi connectivity index (χ3v) is 4.38. The van der Waals surface area contributed by atoms with Gasteiger partial charge < -0.3 is 15.2 Å². The molecule has 0 aliphatic carbocycles. The van der Waals surface area contributed by atoms with Gasteiger partial charge in [-0.15, -0.1) is 0 Å². The highest BCUT2D eigenvalue weighted by Crippen LogP contribution is 2.27. The molecule has 3 rings (SSSR count). The molecule has 1 heterocycles. The van der Waals surface area contributed by atoms with Gasteiger partial charge in [0.25, 0.3) is 0 Å². The number of carboxylic acids is 1. The normalized spacial score (nSPS) is 17.8. The smallest absolute Gasteiger partial charge is 0.335 e. The van der Waals surface area contributed by atoms with Crippen LogP contribution < -0.4 is 5.32 Å². The van der Waals surface area contributed by atoms with Crippen LogP contribution in [0.4, 0.5) is 0 Å². The SMILES string of the molecule is O=C(Cc1ccc(C(=O)O)cc1)NC(c1ccccc1)C1CCCO1. The Morgan fingerprint density at radius 1 is 1.12 bits per heavy atom. The minimum atomic E-state index is -0.974. The molecule has 1 fully saturated rings. The standard InChI is InChI=1S/C20H21NO4/c22-18(13-14-8-10-16(11-9-14)20(23)24)21-19(17-7-4-12-25-17)15-5-2-1-3-6-15/h1-3,5-6,8-11,17,19H,4,7,12-13H2,(H,21,22)(H,23,24). The van der Waals surface area contributed by atoms with Crippen LogP contribution in [0.25, 0.3) is 0 Å². The number of ether oxygens (including phenoxy) is 1. The highest BCUT2D eigenvalue weighted by Gasteiger charge is 2.28. The Balaban J connectivity index is 1.68. The molecule has 2 aromatic rings. The molecule has 0 saturated carbocycles. The Morgan fingerprint density at radius 2 is 1.84 bits per heavy atom. The van der Waals surface area contributed by atoms with E-state index in [1.54, 1.807) is 12.1 Å². The van der Waals surface area contributed by atoms with Gasteiger partial charge in [0.2, 0.25) is 5.91 Å². The second-order valence-electron chi connectivity index (χ2n) is 6.19. The van der Waals surface area contributed by atoms with E-state index in [0.29, 0.717) is 0 Å². The molecule has 5 heteroatoms. The lowest BCUT2D eigenvalue weighted by Gasteiger charge is -2.25. The van der Waals surface area contributed by atoms with E-state index in [0.717, 1.165) is 30.6 Å². The first-order valence-corrected chi connectivity index (χ1v) is 8.41. The number of aromatic carboxylic acids is 1. The Labute approximate surface area is 146 Å². The maximum Gasteiger partial charge on any atom is 0.335 e. The second kappa shape index (κ2) is 7.94. The van der Waals surface area contributed by atoms with E-state index in [4.69, 9.17) is 9.84 Å². The Kier molecular flexibility index (Phi) is 5.46. The zero-order valence-corrected chi connectivity index (χ0v) is 13.9. The summed E-state index contributed by atoms with van der Waals surface area (Å²) in [5.74, 6) is -1.08. The van der Waals surface area contributed by atoms with Crippen LogP contribution in [-0.2, 0) is 16.0 Å². The summed E-state index contributed by atoms with van der Waals surface area (Å²) < 4.78 is 5.78. The maximum atomic E-state index is 12.5. The van der Waals surface area contributed by atoms with Gasteiger partial charge in [-0.25, -0.2) is 4.79 Å². The van der Waals surface area contributed by atoms with Gasteiger partial charge in [0, 0.05) is 6.61 Å². The summed E-state index contributed by atoms with van der Waals surface area (Å²) in [5.41, 5.74) is 2.02. The Bertz CT molecular complexity index is 721. The van der Waals surface area contributed by atoms with E-state index in [1.807, 2.05) is 30.3 Å². The summed E-state index contributed by atoms with van der Waals surface area (Å²) in [5, 5.41) is 12.0. The minimum absolute atomic E-state index is 0.0132. The fraction of sp³-hybridized carbons (Fsp3) is 0.300. The number of nitrogens with one attached hydrogen (secondary N) is 1. The molecule has 2 N–H and O–H groups in total. The van der Waals surface area contributed by atoms with E-state index in [2.05, 4.69) is 5.32 Å². The number of carbonyl (C=O) groups is 2. The van der Waals surface area contributed by atoms with Crippen molar-refractivity contribution >= 4 is 11.9 Å². The van der Waals surface area contributed by atoms with Crippen molar-refractivity contribution in [3.05, 3.63) is 71.3 Å². The average molecular weight is 339 g/mol. The van der Waals surface area contributed by atoms with Crippen molar-refractivity contribution < 1.29 is 19.4 Å². The molecule has 1 aliphatic rings. The van der Waals surface area contributed by atoms with E-state index < -0.39 is 5.97 Å². The summed E-state index contributed by atoms with van der Waals surface area (Å²) in [7, 11) is 0. The van der Waals surface area contributed by atoms with Gasteiger partial charge in [-0.2, -0.15) is 0 Å². The number of hydrogen-bond donors (Lipinski definition) is 2. The first-order valence-electron chi connectivity index (χ1n) is 8.41. The molecule has 0 radical (unpaired) electrons. The van der Waals surface area contributed by atoms with Crippen LogP contribution in [-0.4, -0.2) is 29.7 Å². The van der Waals surface area contributed by atoms with Crippen molar-refractivity contribution in [2.75, 3.05) is 6.61 Å². The van der Waals surface area contributed by atoms with Crippen LogP contribution in [0.3, 0.4) is 0 Å². The topological polar surface area (TPSA) is 75.6 Å². The summed E-state index contributed by atoms with van der Waals surface area (Å²) >= 11 is 0. The monoisotopic (exact) mass is 339 g/mol. The molecular weight excluding hydrogens is 318 g/mol. The largest absolute Gasteiger partial charge is 0.478 e. The first-order chi connectivity index (χ1) is 12.1. The van der Waals surface area contributed by atoms with Crippen molar-refractivity contribution in [1.82, 2.24) is 5.32 Å². The number of benzene rings is 2. The molecule has 1 amide bonds. The second-order valence-corrected chi connectivity index (χ2v) is 6.19. The minimum Gasteiger partial charge on any atom is -0.478 e. The molecule has 5 nitrogen and oxygen atoms in total. The van der Waals surface area contributed by atoms with Crippen molar-refractivity contribution in [1.29, 1.82) is 0 Å². The van der Waals surface area contributed by atoms with E-state index in [-0.39, 0.29) is 30.0 Å². The average Bonchev–Trinajstić information content (AvgIpc) is 3.15. The number of carbonyl (C=O) groups excluding carboxylic acids is 1. The van der Waals surface area contributed by atoms with Gasteiger partial charge in [-0.3, -0.25) is 4.79 Å². The van der Waals surface area contributed by atoms with Gasteiger partial charge in [-0.05, 0) is 36.1 Å². The van der Waals surface area contributed by atoms with Crippen LogP contribution >= 0.6 is 0 Å². The third-order valence-electron chi connectivity index (χ3n) is 4.38.